The van der Waals surface area contributed by atoms with Crippen LogP contribution in [0.4, 0.5) is 0 Å². The summed E-state index contributed by atoms with van der Waals surface area (Å²) in [6.45, 7) is 7.96. The minimum atomic E-state index is -0.560. The summed E-state index contributed by atoms with van der Waals surface area (Å²) in [6, 6.07) is 0. The first-order valence-corrected chi connectivity index (χ1v) is 6.30. The van der Waals surface area contributed by atoms with Gasteiger partial charge in [-0.2, -0.15) is 0 Å². The molecule has 4 heteroatoms. The summed E-state index contributed by atoms with van der Waals surface area (Å²) in [4.78, 5) is 13.9. The predicted octanol–water partition coefficient (Wildman–Crippen LogP) is 1.51. The Labute approximate surface area is 106 Å². The average Bonchev–Trinajstić information content (AvgIpc) is 2.24. The summed E-state index contributed by atoms with van der Waals surface area (Å²) < 4.78 is 4.89. The zero-order chi connectivity index (χ0) is 13.5. The van der Waals surface area contributed by atoms with Gasteiger partial charge in [0, 0.05) is 13.1 Å². The molecule has 0 rings (SSSR count). The molecule has 0 saturated carbocycles. The van der Waals surface area contributed by atoms with Crippen molar-refractivity contribution in [3.05, 3.63) is 0 Å². The second-order valence-electron chi connectivity index (χ2n) is 5.49. The Morgan fingerprint density at radius 1 is 1.41 bits per heavy atom. The highest BCUT2D eigenvalue weighted by Gasteiger charge is 2.33. The first-order valence-electron chi connectivity index (χ1n) is 6.30. The van der Waals surface area contributed by atoms with E-state index in [9.17, 15) is 4.79 Å². The van der Waals surface area contributed by atoms with Gasteiger partial charge in [0.15, 0.2) is 0 Å². The Bertz CT molecular complexity index is 229. The predicted molar refractivity (Wildman–Crippen MR) is 71.0 cm³/mol. The normalized spacial score (nSPS) is 15.1. The number of hydrogen-bond donors (Lipinski definition) is 1. The van der Waals surface area contributed by atoms with Crippen molar-refractivity contribution in [1.82, 2.24) is 10.2 Å². The van der Waals surface area contributed by atoms with E-state index in [1.807, 2.05) is 21.0 Å². The molecule has 0 saturated heterocycles. The van der Waals surface area contributed by atoms with Crippen molar-refractivity contribution in [3.8, 4) is 0 Å². The number of nitrogens with zero attached hydrogens (tertiary/aromatic N) is 1. The molecule has 0 bridgehead atoms. The molecule has 0 radical (unpaired) electrons. The lowest BCUT2D eigenvalue weighted by Gasteiger charge is -2.29. The second-order valence-corrected chi connectivity index (χ2v) is 5.49. The second kappa shape index (κ2) is 7.67. The van der Waals surface area contributed by atoms with Gasteiger partial charge in [-0.1, -0.05) is 13.8 Å². The number of esters is 1. The Kier molecular flexibility index (Phi) is 7.39. The molecule has 17 heavy (non-hydrogen) atoms. The fourth-order valence-corrected chi connectivity index (χ4v) is 1.62. The van der Waals surface area contributed by atoms with Crippen molar-refractivity contribution in [2.24, 2.45) is 5.92 Å². The molecule has 0 heterocycles. The number of ether oxygens (including phenoxy) is 1. The van der Waals surface area contributed by atoms with Crippen molar-refractivity contribution in [3.63, 3.8) is 0 Å². The first kappa shape index (κ1) is 16.4. The molecule has 102 valence electrons. The Morgan fingerprint density at radius 3 is 2.41 bits per heavy atom. The highest BCUT2D eigenvalue weighted by molar-refractivity contribution is 5.80. The minimum Gasteiger partial charge on any atom is -0.468 e. The summed E-state index contributed by atoms with van der Waals surface area (Å²) >= 11 is 0. The SMILES string of the molecule is COC(=O)C(C)(CCC(C)C)NCCN(C)C. The number of rotatable bonds is 8. The van der Waals surface area contributed by atoms with Gasteiger partial charge in [-0.15, -0.1) is 0 Å². The van der Waals surface area contributed by atoms with Crippen molar-refractivity contribution in [2.45, 2.75) is 39.2 Å². The molecule has 0 aliphatic rings. The van der Waals surface area contributed by atoms with Crippen molar-refractivity contribution >= 4 is 5.97 Å². The maximum absolute atomic E-state index is 11.8. The van der Waals surface area contributed by atoms with Crippen LogP contribution in [0.5, 0.6) is 0 Å². The van der Waals surface area contributed by atoms with E-state index < -0.39 is 5.54 Å². The van der Waals surface area contributed by atoms with Crippen LogP contribution in [0.15, 0.2) is 0 Å². The Balaban J connectivity index is 4.34. The third-order valence-electron chi connectivity index (χ3n) is 2.93. The van der Waals surface area contributed by atoms with E-state index in [2.05, 4.69) is 24.1 Å². The van der Waals surface area contributed by atoms with Crippen LogP contribution in [0.1, 0.15) is 33.6 Å². The zero-order valence-corrected chi connectivity index (χ0v) is 12.2. The maximum atomic E-state index is 11.8. The van der Waals surface area contributed by atoms with Crippen molar-refractivity contribution < 1.29 is 9.53 Å². The topological polar surface area (TPSA) is 41.6 Å². The minimum absolute atomic E-state index is 0.170. The number of methoxy groups -OCH3 is 1. The van der Waals surface area contributed by atoms with Crippen LogP contribution in [-0.2, 0) is 9.53 Å². The van der Waals surface area contributed by atoms with E-state index in [0.29, 0.717) is 5.92 Å². The summed E-state index contributed by atoms with van der Waals surface area (Å²) in [5.41, 5.74) is -0.560. The number of nitrogens with one attached hydrogen (secondary N) is 1. The number of likely N-dealkylation sites (N-methyl/N-ethyl adjacent to an activating group) is 1. The average molecular weight is 244 g/mol. The van der Waals surface area contributed by atoms with Gasteiger partial charge in [0.05, 0.1) is 7.11 Å². The zero-order valence-electron chi connectivity index (χ0n) is 12.2. The summed E-state index contributed by atoms with van der Waals surface area (Å²) in [6.07, 6.45) is 1.82. The van der Waals surface area contributed by atoms with Crippen LogP contribution < -0.4 is 5.32 Å². The third-order valence-corrected chi connectivity index (χ3v) is 2.93. The molecule has 1 atom stereocenters. The van der Waals surface area contributed by atoms with E-state index in [1.54, 1.807) is 0 Å². The molecule has 0 fully saturated rings. The number of carbonyl (C=O) groups is 1. The van der Waals surface area contributed by atoms with E-state index >= 15 is 0 Å². The van der Waals surface area contributed by atoms with Gasteiger partial charge in [-0.25, -0.2) is 0 Å². The van der Waals surface area contributed by atoms with Gasteiger partial charge in [-0.3, -0.25) is 4.79 Å². The molecule has 0 aromatic rings. The molecule has 1 unspecified atom stereocenters. The Hall–Kier alpha value is -0.610. The lowest BCUT2D eigenvalue weighted by Crippen LogP contribution is -2.52. The van der Waals surface area contributed by atoms with Gasteiger partial charge < -0.3 is 15.0 Å². The molecule has 0 aromatic heterocycles. The van der Waals surface area contributed by atoms with Crippen LogP contribution in [0.3, 0.4) is 0 Å². The van der Waals surface area contributed by atoms with E-state index in [4.69, 9.17) is 4.74 Å². The molecule has 0 amide bonds. The fourth-order valence-electron chi connectivity index (χ4n) is 1.62. The van der Waals surface area contributed by atoms with Gasteiger partial charge in [0.2, 0.25) is 0 Å². The monoisotopic (exact) mass is 244 g/mol. The van der Waals surface area contributed by atoms with Gasteiger partial charge in [0.25, 0.3) is 0 Å². The van der Waals surface area contributed by atoms with E-state index in [-0.39, 0.29) is 5.97 Å². The quantitative estimate of drug-likeness (QED) is 0.657. The van der Waals surface area contributed by atoms with E-state index in [0.717, 1.165) is 25.9 Å². The van der Waals surface area contributed by atoms with Crippen LogP contribution in [0, 0.1) is 5.92 Å². The molecule has 4 nitrogen and oxygen atoms in total. The number of hydrogen-bond acceptors (Lipinski definition) is 4. The van der Waals surface area contributed by atoms with Crippen molar-refractivity contribution in [2.75, 3.05) is 34.3 Å². The molecular formula is C13H28N2O2. The smallest absolute Gasteiger partial charge is 0.325 e. The molecule has 0 aliphatic carbocycles. The third kappa shape index (κ3) is 6.64. The van der Waals surface area contributed by atoms with Crippen LogP contribution in [-0.4, -0.2) is 50.7 Å². The molecule has 0 spiro atoms. The van der Waals surface area contributed by atoms with Crippen LogP contribution in [0.2, 0.25) is 0 Å². The molecule has 1 N–H and O–H groups in total. The molecular weight excluding hydrogens is 216 g/mol. The maximum Gasteiger partial charge on any atom is 0.325 e. The largest absolute Gasteiger partial charge is 0.468 e. The number of carbonyl (C=O) groups excluding carboxylic acids is 1. The summed E-state index contributed by atoms with van der Waals surface area (Å²) in [5, 5.41) is 3.32. The molecule has 0 aliphatic heterocycles. The highest BCUT2D eigenvalue weighted by atomic mass is 16.5. The van der Waals surface area contributed by atoms with Gasteiger partial charge in [0.1, 0.15) is 5.54 Å². The van der Waals surface area contributed by atoms with Crippen molar-refractivity contribution in [1.29, 1.82) is 0 Å². The molecule has 0 aromatic carbocycles. The van der Waals surface area contributed by atoms with E-state index in [1.165, 1.54) is 7.11 Å². The van der Waals surface area contributed by atoms with Crippen LogP contribution in [0.25, 0.3) is 0 Å². The fraction of sp³-hybridized carbons (Fsp3) is 0.923. The lowest BCUT2D eigenvalue weighted by molar-refractivity contribution is -0.148. The van der Waals surface area contributed by atoms with Crippen LogP contribution >= 0.6 is 0 Å². The summed E-state index contributed by atoms with van der Waals surface area (Å²) in [5.74, 6) is 0.423. The highest BCUT2D eigenvalue weighted by Crippen LogP contribution is 2.18. The lowest BCUT2D eigenvalue weighted by atomic mass is 9.92. The first-order chi connectivity index (χ1) is 7.81. The standard InChI is InChI=1S/C13H28N2O2/c1-11(2)7-8-13(3,12(16)17-6)14-9-10-15(4)5/h11,14H,7-10H2,1-6H3. The Morgan fingerprint density at radius 2 is 2.00 bits per heavy atom. The van der Waals surface area contributed by atoms with Gasteiger partial charge >= 0.3 is 5.97 Å². The summed E-state index contributed by atoms with van der Waals surface area (Å²) in [7, 11) is 5.49. The van der Waals surface area contributed by atoms with Gasteiger partial charge in [-0.05, 0) is 39.8 Å².